The summed E-state index contributed by atoms with van der Waals surface area (Å²) in [4.78, 5) is 28.1. The van der Waals surface area contributed by atoms with E-state index in [0.717, 1.165) is 36.8 Å². The highest BCUT2D eigenvalue weighted by Crippen LogP contribution is 2.44. The molecule has 0 saturated carbocycles. The Hall–Kier alpha value is -3.60. The molecule has 1 aliphatic carbocycles. The zero-order valence-corrected chi connectivity index (χ0v) is 19.1. The Kier molecular flexibility index (Phi) is 5.20. The summed E-state index contributed by atoms with van der Waals surface area (Å²) in [6.45, 7) is 5.71. The highest BCUT2D eigenvalue weighted by Gasteiger charge is 2.48. The molecule has 5 heteroatoms. The third-order valence-corrected chi connectivity index (χ3v) is 6.93. The topological polar surface area (TPSA) is 70.8 Å². The number of anilines is 1. The number of hydrogen-bond acceptors (Lipinski definition) is 4. The van der Waals surface area contributed by atoms with Gasteiger partial charge < -0.3 is 9.52 Å². The second-order valence-electron chi connectivity index (χ2n) is 9.03. The molecule has 1 amide bonds. The monoisotopic (exact) mass is 441 g/mol. The first-order chi connectivity index (χ1) is 15.9. The Morgan fingerprint density at radius 2 is 1.73 bits per heavy atom. The summed E-state index contributed by atoms with van der Waals surface area (Å²) >= 11 is 0. The number of furan rings is 1. The molecule has 2 aromatic carbocycles. The molecule has 2 aliphatic rings. The van der Waals surface area contributed by atoms with Gasteiger partial charge in [-0.3, -0.25) is 14.5 Å². The average Bonchev–Trinajstić information content (AvgIpc) is 3.36. The maximum absolute atomic E-state index is 13.3. The lowest BCUT2D eigenvalue weighted by Gasteiger charge is -2.25. The summed E-state index contributed by atoms with van der Waals surface area (Å²) in [6, 6.07) is 14.2. The fourth-order valence-electron chi connectivity index (χ4n) is 4.98. The van der Waals surface area contributed by atoms with Crippen molar-refractivity contribution in [2.24, 2.45) is 0 Å². The number of rotatable bonds is 3. The van der Waals surface area contributed by atoms with Crippen LogP contribution in [-0.4, -0.2) is 16.8 Å². The van der Waals surface area contributed by atoms with E-state index in [9.17, 15) is 14.7 Å². The molecule has 0 spiro atoms. The van der Waals surface area contributed by atoms with E-state index in [1.807, 2.05) is 57.2 Å². The summed E-state index contributed by atoms with van der Waals surface area (Å²) in [5.74, 6) is -0.404. The van der Waals surface area contributed by atoms with Crippen LogP contribution >= 0.6 is 0 Å². The number of Topliss-reactive ketones (excluding diaryl/α,β-unsaturated/α-hetero) is 1. The number of nitrogens with zero attached hydrogens (tertiary/aromatic N) is 1. The van der Waals surface area contributed by atoms with Gasteiger partial charge in [-0.1, -0.05) is 24.3 Å². The minimum atomic E-state index is -0.838. The van der Waals surface area contributed by atoms with Gasteiger partial charge in [0, 0.05) is 11.3 Å². The standard InChI is InChI=1S/C28H27NO4/c1-16-7-6-10-22(18(16)3)29-25(23-14-11-17(2)33-23)24(27(31)28(29)32)26(30)21-13-12-19-8-4-5-9-20(19)15-21/h6-7,10-15,25,30H,4-5,8-9H2,1-3H3/b26-24-. The Morgan fingerprint density at radius 1 is 0.970 bits per heavy atom. The molecular weight excluding hydrogens is 414 g/mol. The molecule has 1 N–H and O–H groups in total. The number of fused-ring (bicyclic) bond motifs is 1. The van der Waals surface area contributed by atoms with Crippen molar-refractivity contribution in [3.8, 4) is 0 Å². The lowest BCUT2D eigenvalue weighted by molar-refractivity contribution is -0.132. The van der Waals surface area contributed by atoms with Gasteiger partial charge >= 0.3 is 0 Å². The van der Waals surface area contributed by atoms with Crippen LogP contribution in [0.5, 0.6) is 0 Å². The Labute approximate surface area is 193 Å². The zero-order chi connectivity index (χ0) is 23.3. The summed E-state index contributed by atoms with van der Waals surface area (Å²) in [5.41, 5.74) is 5.65. The lowest BCUT2D eigenvalue weighted by Crippen LogP contribution is -2.30. The summed E-state index contributed by atoms with van der Waals surface area (Å²) < 4.78 is 5.90. The quantitative estimate of drug-likeness (QED) is 0.321. The fraction of sp³-hybridized carbons (Fsp3) is 0.286. The number of carbonyl (C=O) groups is 2. The van der Waals surface area contributed by atoms with Crippen molar-refractivity contribution in [2.75, 3.05) is 4.90 Å². The molecule has 1 fully saturated rings. The van der Waals surface area contributed by atoms with Crippen molar-refractivity contribution in [3.63, 3.8) is 0 Å². The third kappa shape index (κ3) is 3.48. The number of carbonyl (C=O) groups excluding carboxylic acids is 2. The summed E-state index contributed by atoms with van der Waals surface area (Å²) in [6.07, 6.45) is 4.25. The van der Waals surface area contributed by atoms with Gasteiger partial charge in [0.2, 0.25) is 0 Å². The van der Waals surface area contributed by atoms with E-state index in [4.69, 9.17) is 4.42 Å². The van der Waals surface area contributed by atoms with Crippen LogP contribution in [0.4, 0.5) is 5.69 Å². The number of hydrogen-bond donors (Lipinski definition) is 1. The Morgan fingerprint density at radius 3 is 2.45 bits per heavy atom. The molecule has 0 bridgehead atoms. The van der Waals surface area contributed by atoms with E-state index in [1.54, 1.807) is 12.1 Å². The number of benzene rings is 2. The van der Waals surface area contributed by atoms with Crippen LogP contribution in [0, 0.1) is 20.8 Å². The molecule has 3 aromatic rings. The number of aliphatic hydroxyl groups excluding tert-OH is 1. The molecule has 2 heterocycles. The largest absolute Gasteiger partial charge is 0.507 e. The number of aryl methyl sites for hydroxylation is 4. The molecule has 5 rings (SSSR count). The molecule has 1 saturated heterocycles. The van der Waals surface area contributed by atoms with Gasteiger partial charge in [0.25, 0.3) is 11.7 Å². The second-order valence-corrected chi connectivity index (χ2v) is 9.03. The van der Waals surface area contributed by atoms with Gasteiger partial charge in [-0.2, -0.15) is 0 Å². The molecule has 33 heavy (non-hydrogen) atoms. The predicted octanol–water partition coefficient (Wildman–Crippen LogP) is 5.71. The first-order valence-corrected chi connectivity index (χ1v) is 11.4. The van der Waals surface area contributed by atoms with Gasteiger partial charge in [0.1, 0.15) is 23.3 Å². The van der Waals surface area contributed by atoms with Crippen molar-refractivity contribution in [1.29, 1.82) is 0 Å². The average molecular weight is 442 g/mol. The molecule has 1 aliphatic heterocycles. The fourth-order valence-corrected chi connectivity index (χ4v) is 4.98. The zero-order valence-electron chi connectivity index (χ0n) is 19.1. The Balaban J connectivity index is 1.71. The van der Waals surface area contributed by atoms with Crippen molar-refractivity contribution >= 4 is 23.1 Å². The first kappa shape index (κ1) is 21.3. The van der Waals surface area contributed by atoms with Crippen molar-refractivity contribution in [3.05, 3.63) is 93.4 Å². The molecule has 1 unspecified atom stereocenters. The van der Waals surface area contributed by atoms with Crippen LogP contribution in [-0.2, 0) is 22.4 Å². The van der Waals surface area contributed by atoms with Gasteiger partial charge in [-0.15, -0.1) is 0 Å². The smallest absolute Gasteiger partial charge is 0.300 e. The van der Waals surface area contributed by atoms with Crippen LogP contribution < -0.4 is 4.90 Å². The molecular formula is C28H27NO4. The molecule has 1 atom stereocenters. The molecule has 0 radical (unpaired) electrons. The van der Waals surface area contributed by atoms with E-state index in [-0.39, 0.29) is 11.3 Å². The van der Waals surface area contributed by atoms with E-state index >= 15 is 0 Å². The van der Waals surface area contributed by atoms with Crippen LogP contribution in [0.15, 0.2) is 58.5 Å². The number of ketones is 1. The summed E-state index contributed by atoms with van der Waals surface area (Å²) in [7, 11) is 0. The van der Waals surface area contributed by atoms with E-state index < -0.39 is 17.7 Å². The maximum Gasteiger partial charge on any atom is 0.300 e. The minimum Gasteiger partial charge on any atom is -0.507 e. The van der Waals surface area contributed by atoms with Crippen LogP contribution in [0.2, 0.25) is 0 Å². The van der Waals surface area contributed by atoms with Crippen molar-refractivity contribution in [1.82, 2.24) is 0 Å². The second kappa shape index (κ2) is 8.07. The molecule has 5 nitrogen and oxygen atoms in total. The van der Waals surface area contributed by atoms with Crippen LogP contribution in [0.3, 0.4) is 0 Å². The predicted molar refractivity (Wildman–Crippen MR) is 127 cm³/mol. The molecule has 1 aromatic heterocycles. The van der Waals surface area contributed by atoms with Crippen molar-refractivity contribution in [2.45, 2.75) is 52.5 Å². The van der Waals surface area contributed by atoms with Gasteiger partial charge in [-0.05, 0) is 93.0 Å². The highest BCUT2D eigenvalue weighted by atomic mass is 16.3. The first-order valence-electron chi connectivity index (χ1n) is 11.4. The van der Waals surface area contributed by atoms with Gasteiger partial charge in [0.05, 0.1) is 5.57 Å². The van der Waals surface area contributed by atoms with E-state index in [2.05, 4.69) is 0 Å². The van der Waals surface area contributed by atoms with E-state index in [0.29, 0.717) is 22.8 Å². The van der Waals surface area contributed by atoms with Crippen molar-refractivity contribution < 1.29 is 19.1 Å². The van der Waals surface area contributed by atoms with Crippen LogP contribution in [0.1, 0.15) is 58.2 Å². The van der Waals surface area contributed by atoms with Crippen LogP contribution in [0.25, 0.3) is 5.76 Å². The lowest BCUT2D eigenvalue weighted by atomic mass is 9.89. The molecule has 168 valence electrons. The Bertz CT molecular complexity index is 1310. The minimum absolute atomic E-state index is 0.0611. The highest BCUT2D eigenvalue weighted by molar-refractivity contribution is 6.51. The summed E-state index contributed by atoms with van der Waals surface area (Å²) in [5, 5.41) is 11.4. The normalized spacial score (nSPS) is 19.7. The van der Waals surface area contributed by atoms with Gasteiger partial charge in [-0.25, -0.2) is 0 Å². The number of amides is 1. The maximum atomic E-state index is 13.3. The van der Waals surface area contributed by atoms with Gasteiger partial charge in [0.15, 0.2) is 0 Å². The number of aliphatic hydroxyl groups is 1. The van der Waals surface area contributed by atoms with E-state index in [1.165, 1.54) is 16.0 Å². The SMILES string of the molecule is Cc1ccc(C2/C(=C(/O)c3ccc4c(c3)CCCC4)C(=O)C(=O)N2c2cccc(C)c2C)o1. The third-order valence-electron chi connectivity index (χ3n) is 6.93.